The van der Waals surface area contributed by atoms with Crippen LogP contribution in [0.3, 0.4) is 0 Å². The maximum atomic E-state index is 11.0. The van der Waals surface area contributed by atoms with Crippen LogP contribution in [0.15, 0.2) is 18.3 Å². The fourth-order valence-electron chi connectivity index (χ4n) is 1.78. The van der Waals surface area contributed by atoms with Crippen LogP contribution in [0, 0.1) is 5.41 Å². The van der Waals surface area contributed by atoms with E-state index in [9.17, 15) is 4.79 Å². The Balaban J connectivity index is 2.53. The van der Waals surface area contributed by atoms with Gasteiger partial charge in [0.1, 0.15) is 5.69 Å². The van der Waals surface area contributed by atoms with E-state index in [-0.39, 0.29) is 17.2 Å². The van der Waals surface area contributed by atoms with Gasteiger partial charge in [0.15, 0.2) is 0 Å². The summed E-state index contributed by atoms with van der Waals surface area (Å²) in [5.74, 6) is -0.530. The quantitative estimate of drug-likeness (QED) is 0.735. The number of hydrogen-bond acceptors (Lipinski definition) is 4. The van der Waals surface area contributed by atoms with E-state index in [0.717, 1.165) is 12.1 Å². The first kappa shape index (κ1) is 14.4. The Bertz CT molecular complexity index is 412. The van der Waals surface area contributed by atoms with Gasteiger partial charge >= 0.3 is 0 Å². The first-order valence-corrected chi connectivity index (χ1v) is 6.03. The van der Waals surface area contributed by atoms with E-state index in [0.29, 0.717) is 6.54 Å². The van der Waals surface area contributed by atoms with Gasteiger partial charge in [-0.3, -0.25) is 9.78 Å². The summed E-state index contributed by atoms with van der Waals surface area (Å²) in [5.41, 5.74) is 12.5. The Morgan fingerprint density at radius 2 is 2.17 bits per heavy atom. The molecule has 5 N–H and O–H groups in total. The van der Waals surface area contributed by atoms with Crippen LogP contribution in [0.2, 0.25) is 0 Å². The first-order valence-electron chi connectivity index (χ1n) is 6.03. The lowest BCUT2D eigenvalue weighted by atomic mass is 9.88. The van der Waals surface area contributed by atoms with Crippen LogP contribution >= 0.6 is 0 Å². The molecule has 1 atom stereocenters. The highest BCUT2D eigenvalue weighted by molar-refractivity contribution is 5.91. The summed E-state index contributed by atoms with van der Waals surface area (Å²) in [5, 5.41) is 3.19. The lowest BCUT2D eigenvalue weighted by Crippen LogP contribution is -2.33. The molecule has 1 aromatic heterocycles. The van der Waals surface area contributed by atoms with E-state index in [4.69, 9.17) is 11.5 Å². The summed E-state index contributed by atoms with van der Waals surface area (Å²) in [4.78, 5) is 14.9. The summed E-state index contributed by atoms with van der Waals surface area (Å²) in [6, 6.07) is 3.48. The zero-order chi connectivity index (χ0) is 13.8. The molecule has 0 aliphatic heterocycles. The number of pyridine rings is 1. The highest BCUT2D eigenvalue weighted by atomic mass is 16.1. The Morgan fingerprint density at radius 1 is 1.50 bits per heavy atom. The Kier molecular flexibility index (Phi) is 4.67. The maximum Gasteiger partial charge on any atom is 0.267 e. The highest BCUT2D eigenvalue weighted by Gasteiger charge is 2.15. The van der Waals surface area contributed by atoms with Crippen molar-refractivity contribution < 1.29 is 4.79 Å². The molecule has 5 nitrogen and oxygen atoms in total. The minimum atomic E-state index is -0.530. The number of nitrogens with one attached hydrogen (secondary N) is 1. The molecule has 1 unspecified atom stereocenters. The van der Waals surface area contributed by atoms with E-state index in [1.165, 1.54) is 0 Å². The Hall–Kier alpha value is -1.62. The van der Waals surface area contributed by atoms with Crippen molar-refractivity contribution in [2.45, 2.75) is 33.2 Å². The van der Waals surface area contributed by atoms with Crippen LogP contribution in [0.25, 0.3) is 0 Å². The third-order valence-electron chi connectivity index (χ3n) is 2.46. The van der Waals surface area contributed by atoms with Crippen molar-refractivity contribution >= 4 is 11.6 Å². The zero-order valence-electron chi connectivity index (χ0n) is 11.2. The van der Waals surface area contributed by atoms with Gasteiger partial charge in [-0.15, -0.1) is 0 Å². The molecule has 0 fully saturated rings. The largest absolute Gasteiger partial charge is 0.383 e. The minimum absolute atomic E-state index is 0.0650. The SMILES string of the molecule is CC(C)(C)CC(N)CNc1ccnc(C(N)=O)c1. The number of nitrogens with zero attached hydrogens (tertiary/aromatic N) is 1. The number of nitrogens with two attached hydrogens (primary N) is 2. The molecule has 18 heavy (non-hydrogen) atoms. The number of anilines is 1. The molecule has 0 radical (unpaired) electrons. The fourth-order valence-corrected chi connectivity index (χ4v) is 1.78. The van der Waals surface area contributed by atoms with Crippen LogP contribution in [-0.4, -0.2) is 23.5 Å². The van der Waals surface area contributed by atoms with E-state index in [1.807, 2.05) is 0 Å². The van der Waals surface area contributed by atoms with Crippen molar-refractivity contribution in [2.75, 3.05) is 11.9 Å². The third kappa shape index (κ3) is 5.14. The molecule has 5 heteroatoms. The van der Waals surface area contributed by atoms with Gasteiger partial charge in [-0.05, 0) is 24.0 Å². The Labute approximate surface area is 108 Å². The molecule has 0 aliphatic rings. The van der Waals surface area contributed by atoms with Crippen molar-refractivity contribution in [2.24, 2.45) is 16.9 Å². The molecular formula is C13H22N4O. The standard InChI is InChI=1S/C13H22N4O/c1-13(2,3)7-9(14)8-17-10-4-5-16-11(6-10)12(15)18/h4-6,9H,7-8,14H2,1-3H3,(H2,15,18)(H,16,17). The second-order valence-corrected chi connectivity index (χ2v) is 5.70. The van der Waals surface area contributed by atoms with Gasteiger partial charge in [-0.1, -0.05) is 20.8 Å². The Morgan fingerprint density at radius 3 is 2.72 bits per heavy atom. The van der Waals surface area contributed by atoms with Crippen LogP contribution in [0.1, 0.15) is 37.7 Å². The lowest BCUT2D eigenvalue weighted by Gasteiger charge is -2.23. The summed E-state index contributed by atoms with van der Waals surface area (Å²) in [6.45, 7) is 7.12. The van der Waals surface area contributed by atoms with Crippen molar-refractivity contribution in [3.63, 3.8) is 0 Å². The number of aromatic nitrogens is 1. The van der Waals surface area contributed by atoms with Gasteiger partial charge in [-0.25, -0.2) is 0 Å². The van der Waals surface area contributed by atoms with Crippen LogP contribution in [0.4, 0.5) is 5.69 Å². The summed E-state index contributed by atoms with van der Waals surface area (Å²) in [7, 11) is 0. The summed E-state index contributed by atoms with van der Waals surface area (Å²) >= 11 is 0. The molecule has 100 valence electrons. The molecule has 1 heterocycles. The predicted molar refractivity (Wildman–Crippen MR) is 73.3 cm³/mol. The summed E-state index contributed by atoms with van der Waals surface area (Å²) < 4.78 is 0. The molecule has 1 rings (SSSR count). The lowest BCUT2D eigenvalue weighted by molar-refractivity contribution is 0.0995. The minimum Gasteiger partial charge on any atom is -0.383 e. The monoisotopic (exact) mass is 250 g/mol. The number of carbonyl (C=O) groups is 1. The molecular weight excluding hydrogens is 228 g/mol. The van der Waals surface area contributed by atoms with Gasteiger partial charge in [0.25, 0.3) is 5.91 Å². The summed E-state index contributed by atoms with van der Waals surface area (Å²) in [6.07, 6.45) is 2.48. The number of rotatable bonds is 5. The van der Waals surface area contributed by atoms with Gasteiger partial charge < -0.3 is 16.8 Å². The average Bonchev–Trinajstić information content (AvgIpc) is 2.24. The zero-order valence-corrected chi connectivity index (χ0v) is 11.2. The first-order chi connectivity index (χ1) is 8.28. The topological polar surface area (TPSA) is 94.0 Å². The van der Waals surface area contributed by atoms with E-state index < -0.39 is 5.91 Å². The van der Waals surface area contributed by atoms with E-state index in [2.05, 4.69) is 31.1 Å². The van der Waals surface area contributed by atoms with Gasteiger partial charge in [0.05, 0.1) is 0 Å². The van der Waals surface area contributed by atoms with Crippen molar-refractivity contribution in [1.82, 2.24) is 4.98 Å². The second kappa shape index (κ2) is 5.82. The molecule has 0 bridgehead atoms. The molecule has 0 saturated carbocycles. The number of hydrogen-bond donors (Lipinski definition) is 3. The van der Waals surface area contributed by atoms with Gasteiger partial charge in [0, 0.05) is 24.5 Å². The maximum absolute atomic E-state index is 11.0. The second-order valence-electron chi connectivity index (χ2n) is 5.70. The molecule has 1 aromatic rings. The molecule has 0 aromatic carbocycles. The van der Waals surface area contributed by atoms with Crippen LogP contribution in [0.5, 0.6) is 0 Å². The smallest absolute Gasteiger partial charge is 0.267 e. The normalized spacial score (nSPS) is 13.1. The van der Waals surface area contributed by atoms with Crippen LogP contribution in [-0.2, 0) is 0 Å². The average molecular weight is 250 g/mol. The molecule has 0 saturated heterocycles. The van der Waals surface area contributed by atoms with Crippen molar-refractivity contribution in [3.8, 4) is 0 Å². The highest BCUT2D eigenvalue weighted by Crippen LogP contribution is 2.20. The number of primary amides is 1. The van der Waals surface area contributed by atoms with E-state index >= 15 is 0 Å². The number of carbonyl (C=O) groups excluding carboxylic acids is 1. The van der Waals surface area contributed by atoms with Gasteiger partial charge in [-0.2, -0.15) is 0 Å². The van der Waals surface area contributed by atoms with Crippen molar-refractivity contribution in [1.29, 1.82) is 0 Å². The number of amides is 1. The fraction of sp³-hybridized carbons (Fsp3) is 0.538. The van der Waals surface area contributed by atoms with Crippen LogP contribution < -0.4 is 16.8 Å². The third-order valence-corrected chi connectivity index (χ3v) is 2.46. The molecule has 1 amide bonds. The van der Waals surface area contributed by atoms with Crippen molar-refractivity contribution in [3.05, 3.63) is 24.0 Å². The molecule has 0 spiro atoms. The van der Waals surface area contributed by atoms with Gasteiger partial charge in [0.2, 0.25) is 0 Å². The predicted octanol–water partition coefficient (Wildman–Crippen LogP) is 1.36. The molecule has 0 aliphatic carbocycles. The van der Waals surface area contributed by atoms with E-state index in [1.54, 1.807) is 18.3 Å².